The molecule has 1 saturated heterocycles. The van der Waals surface area contributed by atoms with Gasteiger partial charge in [-0.1, -0.05) is 0 Å². The van der Waals surface area contributed by atoms with Crippen LogP contribution in [0.1, 0.15) is 6.42 Å². The highest BCUT2D eigenvalue weighted by Crippen LogP contribution is 2.40. The van der Waals surface area contributed by atoms with E-state index in [0.717, 1.165) is 18.2 Å². The third-order valence-corrected chi connectivity index (χ3v) is 4.52. The van der Waals surface area contributed by atoms with Crippen molar-refractivity contribution in [3.05, 3.63) is 12.1 Å². The van der Waals surface area contributed by atoms with E-state index >= 15 is 0 Å². The molecule has 1 fully saturated rings. The topological polar surface area (TPSA) is 39.7 Å². The SMILES string of the molecule is COc1cc(NCC2CCSC2)cc(OC)c1OC. The van der Waals surface area contributed by atoms with Gasteiger partial charge in [0.15, 0.2) is 11.5 Å². The molecule has 0 aliphatic carbocycles. The van der Waals surface area contributed by atoms with E-state index in [0.29, 0.717) is 17.2 Å². The van der Waals surface area contributed by atoms with Gasteiger partial charge in [0.05, 0.1) is 21.3 Å². The number of hydrogen-bond acceptors (Lipinski definition) is 5. The van der Waals surface area contributed by atoms with Crippen molar-refractivity contribution < 1.29 is 14.2 Å². The van der Waals surface area contributed by atoms with Crippen LogP contribution in [0.5, 0.6) is 17.2 Å². The van der Waals surface area contributed by atoms with Crippen molar-refractivity contribution in [2.45, 2.75) is 6.42 Å². The summed E-state index contributed by atoms with van der Waals surface area (Å²) < 4.78 is 16.0. The smallest absolute Gasteiger partial charge is 0.203 e. The highest BCUT2D eigenvalue weighted by atomic mass is 32.2. The third kappa shape index (κ3) is 3.41. The van der Waals surface area contributed by atoms with Gasteiger partial charge in [0, 0.05) is 24.4 Å². The van der Waals surface area contributed by atoms with Crippen LogP contribution in [0.2, 0.25) is 0 Å². The molecule has 0 amide bonds. The summed E-state index contributed by atoms with van der Waals surface area (Å²) in [6, 6.07) is 3.90. The number of ether oxygens (including phenoxy) is 3. The summed E-state index contributed by atoms with van der Waals surface area (Å²) in [5, 5.41) is 3.46. The lowest BCUT2D eigenvalue weighted by Crippen LogP contribution is -2.13. The number of anilines is 1. The Hall–Kier alpha value is -1.23. The van der Waals surface area contributed by atoms with E-state index in [1.54, 1.807) is 21.3 Å². The lowest BCUT2D eigenvalue weighted by atomic mass is 10.1. The average Bonchev–Trinajstić information content (AvgIpc) is 2.97. The first-order valence-corrected chi connectivity index (χ1v) is 7.55. The van der Waals surface area contributed by atoms with Crippen LogP contribution in [-0.2, 0) is 0 Å². The van der Waals surface area contributed by atoms with Crippen molar-refractivity contribution >= 4 is 17.4 Å². The average molecular weight is 283 g/mol. The van der Waals surface area contributed by atoms with Crippen LogP contribution in [-0.4, -0.2) is 39.4 Å². The maximum atomic E-state index is 5.34. The summed E-state index contributed by atoms with van der Waals surface area (Å²) in [7, 11) is 4.88. The number of benzene rings is 1. The monoisotopic (exact) mass is 283 g/mol. The maximum absolute atomic E-state index is 5.34. The van der Waals surface area contributed by atoms with Gasteiger partial charge in [-0.25, -0.2) is 0 Å². The van der Waals surface area contributed by atoms with E-state index in [2.05, 4.69) is 5.32 Å². The Kier molecular flexibility index (Phi) is 5.07. The second-order valence-electron chi connectivity index (χ2n) is 4.52. The molecule has 2 rings (SSSR count). The minimum atomic E-state index is 0.631. The summed E-state index contributed by atoms with van der Waals surface area (Å²) in [6.07, 6.45) is 1.29. The van der Waals surface area contributed by atoms with Crippen molar-refractivity contribution in [3.63, 3.8) is 0 Å². The molecule has 0 bridgehead atoms. The first-order chi connectivity index (χ1) is 9.28. The van der Waals surface area contributed by atoms with E-state index in [1.165, 1.54) is 17.9 Å². The van der Waals surface area contributed by atoms with Gasteiger partial charge < -0.3 is 19.5 Å². The van der Waals surface area contributed by atoms with Gasteiger partial charge in [0.1, 0.15) is 0 Å². The van der Waals surface area contributed by atoms with Gasteiger partial charge in [-0.05, 0) is 23.8 Å². The molecule has 1 N–H and O–H groups in total. The van der Waals surface area contributed by atoms with Crippen LogP contribution >= 0.6 is 11.8 Å². The molecule has 1 heterocycles. The summed E-state index contributed by atoms with van der Waals surface area (Å²) >= 11 is 2.03. The molecule has 0 saturated carbocycles. The first-order valence-electron chi connectivity index (χ1n) is 6.40. The van der Waals surface area contributed by atoms with Crippen molar-refractivity contribution in [2.24, 2.45) is 5.92 Å². The van der Waals surface area contributed by atoms with Crippen LogP contribution in [0.3, 0.4) is 0 Å². The molecule has 106 valence electrons. The second-order valence-corrected chi connectivity index (χ2v) is 5.67. The molecule has 5 heteroatoms. The maximum Gasteiger partial charge on any atom is 0.203 e. The molecule has 1 unspecified atom stereocenters. The Bertz CT molecular complexity index is 394. The zero-order valence-electron chi connectivity index (χ0n) is 11.7. The van der Waals surface area contributed by atoms with Crippen molar-refractivity contribution in [2.75, 3.05) is 44.7 Å². The van der Waals surface area contributed by atoms with Crippen LogP contribution in [0, 0.1) is 5.92 Å². The molecule has 4 nitrogen and oxygen atoms in total. The van der Waals surface area contributed by atoms with E-state index < -0.39 is 0 Å². The Balaban J connectivity index is 2.11. The van der Waals surface area contributed by atoms with Gasteiger partial charge in [0.2, 0.25) is 5.75 Å². The molecular weight excluding hydrogens is 262 g/mol. The fourth-order valence-corrected chi connectivity index (χ4v) is 3.47. The van der Waals surface area contributed by atoms with Gasteiger partial charge >= 0.3 is 0 Å². The molecule has 1 atom stereocenters. The predicted molar refractivity (Wildman–Crippen MR) is 80.0 cm³/mol. The van der Waals surface area contributed by atoms with Crippen LogP contribution in [0.4, 0.5) is 5.69 Å². The number of hydrogen-bond donors (Lipinski definition) is 1. The predicted octanol–water partition coefficient (Wildman–Crippen LogP) is 2.88. The zero-order valence-corrected chi connectivity index (χ0v) is 12.5. The van der Waals surface area contributed by atoms with Crippen LogP contribution in [0.15, 0.2) is 12.1 Å². The highest BCUT2D eigenvalue weighted by molar-refractivity contribution is 7.99. The summed E-state index contributed by atoms with van der Waals surface area (Å²) in [6.45, 7) is 0.992. The number of methoxy groups -OCH3 is 3. The van der Waals surface area contributed by atoms with Crippen molar-refractivity contribution in [3.8, 4) is 17.2 Å². The van der Waals surface area contributed by atoms with Crippen LogP contribution in [0.25, 0.3) is 0 Å². The molecule has 1 aromatic rings. The molecule has 0 spiro atoms. The van der Waals surface area contributed by atoms with Crippen molar-refractivity contribution in [1.82, 2.24) is 0 Å². The lowest BCUT2D eigenvalue weighted by molar-refractivity contribution is 0.324. The number of nitrogens with one attached hydrogen (secondary N) is 1. The Morgan fingerprint density at radius 1 is 1.16 bits per heavy atom. The van der Waals surface area contributed by atoms with Gasteiger partial charge in [-0.3, -0.25) is 0 Å². The molecular formula is C14H21NO3S. The molecule has 1 aliphatic rings. The molecule has 1 aliphatic heterocycles. The third-order valence-electron chi connectivity index (χ3n) is 3.28. The fraction of sp³-hybridized carbons (Fsp3) is 0.571. The van der Waals surface area contributed by atoms with Crippen molar-refractivity contribution in [1.29, 1.82) is 0 Å². The highest BCUT2D eigenvalue weighted by Gasteiger charge is 2.17. The molecule has 0 aromatic heterocycles. The first kappa shape index (κ1) is 14.2. The Labute approximate surface area is 118 Å². The zero-order chi connectivity index (χ0) is 13.7. The number of rotatable bonds is 6. The normalized spacial score (nSPS) is 18.2. The second kappa shape index (κ2) is 6.80. The number of thioether (sulfide) groups is 1. The fourth-order valence-electron chi connectivity index (χ4n) is 2.19. The van der Waals surface area contributed by atoms with E-state index in [1.807, 2.05) is 23.9 Å². The Morgan fingerprint density at radius 3 is 2.32 bits per heavy atom. The quantitative estimate of drug-likeness (QED) is 0.869. The summed E-state index contributed by atoms with van der Waals surface area (Å²) in [5.74, 6) is 5.28. The molecule has 19 heavy (non-hydrogen) atoms. The van der Waals surface area contributed by atoms with Gasteiger partial charge in [0.25, 0.3) is 0 Å². The van der Waals surface area contributed by atoms with E-state index in [9.17, 15) is 0 Å². The lowest BCUT2D eigenvalue weighted by Gasteiger charge is -2.16. The van der Waals surface area contributed by atoms with E-state index in [-0.39, 0.29) is 0 Å². The minimum Gasteiger partial charge on any atom is -0.493 e. The minimum absolute atomic E-state index is 0.631. The molecule has 1 aromatic carbocycles. The van der Waals surface area contributed by atoms with E-state index in [4.69, 9.17) is 14.2 Å². The summed E-state index contributed by atoms with van der Waals surface area (Å²) in [5.41, 5.74) is 1.01. The Morgan fingerprint density at radius 2 is 1.84 bits per heavy atom. The van der Waals surface area contributed by atoms with Crippen LogP contribution < -0.4 is 19.5 Å². The van der Waals surface area contributed by atoms with Gasteiger partial charge in [-0.2, -0.15) is 11.8 Å². The van der Waals surface area contributed by atoms with Gasteiger partial charge in [-0.15, -0.1) is 0 Å². The standard InChI is InChI=1S/C14H21NO3S/c1-16-12-6-11(7-13(17-2)14(12)18-3)15-8-10-4-5-19-9-10/h6-7,10,15H,4-5,8-9H2,1-3H3. The summed E-state index contributed by atoms with van der Waals surface area (Å²) in [4.78, 5) is 0. The largest absolute Gasteiger partial charge is 0.493 e. The molecule has 0 radical (unpaired) electrons.